The van der Waals surface area contributed by atoms with Gasteiger partial charge in [0.2, 0.25) is 0 Å². The molecule has 1 aromatic rings. The minimum atomic E-state index is -0.422. The van der Waals surface area contributed by atoms with E-state index in [-0.39, 0.29) is 0 Å². The average Bonchev–Trinajstić information content (AvgIpc) is 2.35. The van der Waals surface area contributed by atoms with E-state index in [2.05, 4.69) is 18.8 Å². The van der Waals surface area contributed by atoms with Gasteiger partial charge < -0.3 is 5.73 Å². The predicted molar refractivity (Wildman–Crippen MR) is 69.9 cm³/mol. The molecule has 3 nitrogen and oxygen atoms in total. The zero-order valence-corrected chi connectivity index (χ0v) is 10.8. The Bertz CT molecular complexity index is 363. The number of hydrogen-bond donors (Lipinski definition) is 1. The molecule has 0 radical (unpaired) electrons. The van der Waals surface area contributed by atoms with Gasteiger partial charge in [-0.3, -0.25) is 9.78 Å². The molecule has 17 heavy (non-hydrogen) atoms. The van der Waals surface area contributed by atoms with Crippen molar-refractivity contribution in [3.05, 3.63) is 29.6 Å². The molecule has 3 heteroatoms. The monoisotopic (exact) mass is 234 g/mol. The van der Waals surface area contributed by atoms with Gasteiger partial charge in [-0.1, -0.05) is 39.2 Å². The first kappa shape index (κ1) is 13.7. The minimum Gasteiger partial charge on any atom is -0.364 e. The van der Waals surface area contributed by atoms with Gasteiger partial charge in [0.05, 0.1) is 0 Å². The number of nitrogens with zero attached hydrogens (tertiary/aromatic N) is 1. The van der Waals surface area contributed by atoms with Gasteiger partial charge in [0.15, 0.2) is 0 Å². The lowest BCUT2D eigenvalue weighted by atomic mass is 9.89. The lowest BCUT2D eigenvalue weighted by Gasteiger charge is -2.16. The highest BCUT2D eigenvalue weighted by Gasteiger charge is 2.16. The molecule has 0 aliphatic heterocycles. The van der Waals surface area contributed by atoms with Crippen LogP contribution in [0, 0.1) is 0 Å². The summed E-state index contributed by atoms with van der Waals surface area (Å²) >= 11 is 0. The fraction of sp³-hybridized carbons (Fsp3) is 0.571. The molecule has 0 bridgehead atoms. The molecule has 0 aliphatic carbocycles. The second-order valence-corrected chi connectivity index (χ2v) is 4.41. The van der Waals surface area contributed by atoms with Crippen LogP contribution < -0.4 is 5.73 Å². The van der Waals surface area contributed by atoms with Crippen LogP contribution in [0.15, 0.2) is 18.3 Å². The Morgan fingerprint density at radius 1 is 1.41 bits per heavy atom. The van der Waals surface area contributed by atoms with Crippen LogP contribution in [-0.4, -0.2) is 10.9 Å². The van der Waals surface area contributed by atoms with Gasteiger partial charge in [-0.25, -0.2) is 0 Å². The largest absolute Gasteiger partial charge is 0.364 e. The number of carbonyl (C=O) groups is 1. The van der Waals surface area contributed by atoms with Crippen molar-refractivity contribution in [1.29, 1.82) is 0 Å². The van der Waals surface area contributed by atoms with E-state index in [1.165, 1.54) is 19.3 Å². The molecule has 0 spiro atoms. The molecule has 1 amide bonds. The number of nitrogens with two attached hydrogens (primary N) is 1. The van der Waals surface area contributed by atoms with Crippen molar-refractivity contribution in [3.63, 3.8) is 0 Å². The smallest absolute Gasteiger partial charge is 0.267 e. The molecular weight excluding hydrogens is 212 g/mol. The third-order valence-electron chi connectivity index (χ3n) is 3.16. The maximum Gasteiger partial charge on any atom is 0.267 e. The SMILES string of the molecule is CCCCCC(CC)c1cccnc1C(N)=O. The number of rotatable bonds is 7. The molecule has 1 heterocycles. The highest BCUT2D eigenvalue weighted by Crippen LogP contribution is 2.27. The van der Waals surface area contributed by atoms with Gasteiger partial charge in [0.1, 0.15) is 5.69 Å². The molecule has 0 saturated heterocycles. The number of primary amides is 1. The number of pyridine rings is 1. The van der Waals surface area contributed by atoms with E-state index in [0.29, 0.717) is 11.6 Å². The molecule has 1 unspecified atom stereocenters. The van der Waals surface area contributed by atoms with Gasteiger partial charge in [-0.15, -0.1) is 0 Å². The van der Waals surface area contributed by atoms with Gasteiger partial charge >= 0.3 is 0 Å². The van der Waals surface area contributed by atoms with Gasteiger partial charge in [0, 0.05) is 6.20 Å². The van der Waals surface area contributed by atoms with Crippen molar-refractivity contribution in [1.82, 2.24) is 4.98 Å². The summed E-state index contributed by atoms with van der Waals surface area (Å²) < 4.78 is 0. The van der Waals surface area contributed by atoms with Crippen molar-refractivity contribution in [3.8, 4) is 0 Å². The number of amides is 1. The Balaban J connectivity index is 2.83. The van der Waals surface area contributed by atoms with E-state index >= 15 is 0 Å². The Kier molecular flexibility index (Phi) is 5.67. The molecule has 1 atom stereocenters. The molecule has 0 fully saturated rings. The molecule has 1 aromatic heterocycles. The van der Waals surface area contributed by atoms with Crippen LogP contribution in [0.4, 0.5) is 0 Å². The summed E-state index contributed by atoms with van der Waals surface area (Å²) in [5, 5.41) is 0. The van der Waals surface area contributed by atoms with Gasteiger partial charge in [-0.05, 0) is 30.4 Å². The van der Waals surface area contributed by atoms with E-state index < -0.39 is 5.91 Å². The third-order valence-corrected chi connectivity index (χ3v) is 3.16. The molecule has 0 aromatic carbocycles. The number of carbonyl (C=O) groups excluding carboxylic acids is 1. The molecule has 2 N–H and O–H groups in total. The summed E-state index contributed by atoms with van der Waals surface area (Å²) in [7, 11) is 0. The fourth-order valence-corrected chi connectivity index (χ4v) is 2.17. The first-order valence-corrected chi connectivity index (χ1v) is 6.45. The van der Waals surface area contributed by atoms with Crippen molar-refractivity contribution in [2.45, 2.75) is 51.9 Å². The Labute approximate surface area is 103 Å². The second-order valence-electron chi connectivity index (χ2n) is 4.41. The average molecular weight is 234 g/mol. The Morgan fingerprint density at radius 3 is 2.76 bits per heavy atom. The predicted octanol–water partition coefficient (Wildman–Crippen LogP) is 3.25. The maximum absolute atomic E-state index is 11.3. The highest BCUT2D eigenvalue weighted by atomic mass is 16.1. The summed E-state index contributed by atoms with van der Waals surface area (Å²) in [6.07, 6.45) is 7.41. The van der Waals surface area contributed by atoms with E-state index in [1.807, 2.05) is 12.1 Å². The topological polar surface area (TPSA) is 56.0 Å². The lowest BCUT2D eigenvalue weighted by Crippen LogP contribution is -2.17. The van der Waals surface area contributed by atoms with Crippen LogP contribution >= 0.6 is 0 Å². The minimum absolute atomic E-state index is 0.401. The first-order chi connectivity index (χ1) is 8.20. The zero-order chi connectivity index (χ0) is 12.7. The second kappa shape index (κ2) is 7.05. The molecule has 94 valence electrons. The molecule has 0 saturated carbocycles. The van der Waals surface area contributed by atoms with Crippen LogP contribution in [0.3, 0.4) is 0 Å². The lowest BCUT2D eigenvalue weighted by molar-refractivity contribution is 0.0994. The fourth-order valence-electron chi connectivity index (χ4n) is 2.17. The van der Waals surface area contributed by atoms with Crippen LogP contribution in [0.25, 0.3) is 0 Å². The number of hydrogen-bond acceptors (Lipinski definition) is 2. The first-order valence-electron chi connectivity index (χ1n) is 6.45. The van der Waals surface area contributed by atoms with E-state index in [9.17, 15) is 4.79 Å². The van der Waals surface area contributed by atoms with Crippen molar-refractivity contribution in [2.75, 3.05) is 0 Å². The Morgan fingerprint density at radius 2 is 2.18 bits per heavy atom. The van der Waals surface area contributed by atoms with E-state index in [1.54, 1.807) is 6.20 Å². The maximum atomic E-state index is 11.3. The summed E-state index contributed by atoms with van der Waals surface area (Å²) in [6, 6.07) is 3.86. The van der Waals surface area contributed by atoms with Crippen LogP contribution in [0.2, 0.25) is 0 Å². The summed E-state index contributed by atoms with van der Waals surface area (Å²) in [5.41, 5.74) is 6.81. The summed E-state index contributed by atoms with van der Waals surface area (Å²) in [6.45, 7) is 4.34. The quantitative estimate of drug-likeness (QED) is 0.736. The normalized spacial score (nSPS) is 12.4. The van der Waals surface area contributed by atoms with Crippen molar-refractivity contribution < 1.29 is 4.79 Å². The summed E-state index contributed by atoms with van der Waals surface area (Å²) in [4.78, 5) is 15.4. The van der Waals surface area contributed by atoms with Crippen molar-refractivity contribution >= 4 is 5.91 Å². The standard InChI is InChI=1S/C14H22N2O/c1-3-5-6-8-11(4-2)12-9-7-10-16-13(12)14(15)17/h7,9-11H,3-6,8H2,1-2H3,(H2,15,17). The van der Waals surface area contributed by atoms with Crippen molar-refractivity contribution in [2.24, 2.45) is 5.73 Å². The number of unbranched alkanes of at least 4 members (excludes halogenated alkanes) is 2. The highest BCUT2D eigenvalue weighted by molar-refractivity contribution is 5.92. The summed E-state index contributed by atoms with van der Waals surface area (Å²) in [5.74, 6) is -0.0210. The van der Waals surface area contributed by atoms with E-state index in [0.717, 1.165) is 18.4 Å². The third kappa shape index (κ3) is 3.84. The Hall–Kier alpha value is -1.38. The van der Waals surface area contributed by atoms with Crippen LogP contribution in [-0.2, 0) is 0 Å². The molecule has 1 rings (SSSR count). The molecular formula is C14H22N2O. The number of aromatic nitrogens is 1. The van der Waals surface area contributed by atoms with Crippen LogP contribution in [0.1, 0.15) is 67.9 Å². The van der Waals surface area contributed by atoms with Gasteiger partial charge in [0.25, 0.3) is 5.91 Å². The zero-order valence-electron chi connectivity index (χ0n) is 10.8. The van der Waals surface area contributed by atoms with Crippen LogP contribution in [0.5, 0.6) is 0 Å². The van der Waals surface area contributed by atoms with Gasteiger partial charge in [-0.2, -0.15) is 0 Å². The van der Waals surface area contributed by atoms with E-state index in [4.69, 9.17) is 5.73 Å². The molecule has 0 aliphatic rings.